The minimum absolute atomic E-state index is 0.113. The van der Waals surface area contributed by atoms with Gasteiger partial charge >= 0.3 is 5.97 Å². The number of likely N-dealkylation sites (N-methyl/N-ethyl adjacent to an activating group) is 1. The quantitative estimate of drug-likeness (QED) is 0.749. The molecule has 1 aliphatic rings. The van der Waals surface area contributed by atoms with Crippen molar-refractivity contribution in [1.82, 2.24) is 15.3 Å². The van der Waals surface area contributed by atoms with Crippen molar-refractivity contribution >= 4 is 11.8 Å². The third kappa shape index (κ3) is 3.39. The summed E-state index contributed by atoms with van der Waals surface area (Å²) >= 11 is 0. The van der Waals surface area contributed by atoms with Crippen molar-refractivity contribution in [2.75, 3.05) is 45.3 Å². The van der Waals surface area contributed by atoms with Gasteiger partial charge in [0.15, 0.2) is 5.69 Å². The smallest absolute Gasteiger partial charge is 0.358 e. The van der Waals surface area contributed by atoms with Crippen molar-refractivity contribution in [3.63, 3.8) is 0 Å². The van der Waals surface area contributed by atoms with Gasteiger partial charge in [-0.05, 0) is 7.05 Å². The van der Waals surface area contributed by atoms with Gasteiger partial charge < -0.3 is 19.7 Å². The Balaban J connectivity index is 2.10. The van der Waals surface area contributed by atoms with Gasteiger partial charge in [0.25, 0.3) is 0 Å². The SMILES string of the molecule is CNCC1CN(c2cncc(C(=O)OC)n2)CCO1. The molecule has 0 bridgehead atoms. The molecule has 2 rings (SSSR count). The summed E-state index contributed by atoms with van der Waals surface area (Å²) in [7, 11) is 3.22. The number of nitrogens with zero attached hydrogens (tertiary/aromatic N) is 3. The zero-order valence-electron chi connectivity index (χ0n) is 11.1. The van der Waals surface area contributed by atoms with Gasteiger partial charge in [0, 0.05) is 19.6 Å². The highest BCUT2D eigenvalue weighted by Crippen LogP contribution is 2.14. The predicted molar refractivity (Wildman–Crippen MR) is 69.3 cm³/mol. The molecule has 7 heteroatoms. The Morgan fingerprint density at radius 2 is 2.47 bits per heavy atom. The van der Waals surface area contributed by atoms with Crippen molar-refractivity contribution < 1.29 is 14.3 Å². The van der Waals surface area contributed by atoms with E-state index in [1.165, 1.54) is 13.3 Å². The maximum absolute atomic E-state index is 11.4. The number of methoxy groups -OCH3 is 1. The lowest BCUT2D eigenvalue weighted by atomic mass is 10.2. The van der Waals surface area contributed by atoms with E-state index in [-0.39, 0.29) is 11.8 Å². The lowest BCUT2D eigenvalue weighted by Gasteiger charge is -2.33. The molecule has 2 heterocycles. The lowest BCUT2D eigenvalue weighted by molar-refractivity contribution is 0.0418. The molecule has 0 radical (unpaired) electrons. The van der Waals surface area contributed by atoms with E-state index in [2.05, 4.69) is 24.9 Å². The van der Waals surface area contributed by atoms with Gasteiger partial charge in [-0.15, -0.1) is 0 Å². The van der Waals surface area contributed by atoms with Crippen LogP contribution < -0.4 is 10.2 Å². The minimum Gasteiger partial charge on any atom is -0.464 e. The number of morpholine rings is 1. The second-order valence-electron chi connectivity index (χ2n) is 4.25. The number of carbonyl (C=O) groups is 1. The highest BCUT2D eigenvalue weighted by atomic mass is 16.5. The number of aromatic nitrogens is 2. The van der Waals surface area contributed by atoms with Crippen molar-refractivity contribution in [2.24, 2.45) is 0 Å². The molecule has 19 heavy (non-hydrogen) atoms. The third-order valence-electron chi connectivity index (χ3n) is 2.91. The predicted octanol–water partition coefficient (Wildman–Crippen LogP) is -0.312. The Morgan fingerprint density at radius 3 is 3.21 bits per heavy atom. The van der Waals surface area contributed by atoms with Crippen molar-refractivity contribution in [1.29, 1.82) is 0 Å². The molecule has 0 aliphatic carbocycles. The molecule has 1 atom stereocenters. The lowest BCUT2D eigenvalue weighted by Crippen LogP contribution is -2.46. The van der Waals surface area contributed by atoms with Crippen LogP contribution in [0.25, 0.3) is 0 Å². The van der Waals surface area contributed by atoms with Crippen LogP contribution in [0, 0.1) is 0 Å². The van der Waals surface area contributed by atoms with E-state index < -0.39 is 5.97 Å². The average molecular weight is 266 g/mol. The Labute approximate surface area is 111 Å². The zero-order chi connectivity index (χ0) is 13.7. The van der Waals surface area contributed by atoms with Crippen molar-refractivity contribution in [2.45, 2.75) is 6.10 Å². The fourth-order valence-corrected chi connectivity index (χ4v) is 1.99. The molecule has 7 nitrogen and oxygen atoms in total. The summed E-state index contributed by atoms with van der Waals surface area (Å²) in [5.41, 5.74) is 0.219. The number of ether oxygens (including phenoxy) is 2. The monoisotopic (exact) mass is 266 g/mol. The Kier molecular flexibility index (Phi) is 4.64. The fraction of sp³-hybridized carbons (Fsp3) is 0.583. The topological polar surface area (TPSA) is 76.6 Å². The minimum atomic E-state index is -0.477. The van der Waals surface area contributed by atoms with Crippen LogP contribution in [0.5, 0.6) is 0 Å². The van der Waals surface area contributed by atoms with Crippen LogP contribution in [0.3, 0.4) is 0 Å². The maximum Gasteiger partial charge on any atom is 0.358 e. The highest BCUT2D eigenvalue weighted by Gasteiger charge is 2.22. The van der Waals surface area contributed by atoms with Gasteiger partial charge in [0.1, 0.15) is 5.82 Å². The summed E-state index contributed by atoms with van der Waals surface area (Å²) in [5, 5.41) is 3.09. The first-order valence-corrected chi connectivity index (χ1v) is 6.16. The number of carbonyl (C=O) groups excluding carboxylic acids is 1. The third-order valence-corrected chi connectivity index (χ3v) is 2.91. The van der Waals surface area contributed by atoms with E-state index in [0.717, 1.165) is 19.6 Å². The van der Waals surface area contributed by atoms with E-state index in [4.69, 9.17) is 4.74 Å². The number of nitrogens with one attached hydrogen (secondary N) is 1. The summed E-state index contributed by atoms with van der Waals surface area (Å²) in [6.07, 6.45) is 3.16. The standard InChI is InChI=1S/C12H18N4O3/c1-13-5-9-8-16(3-4-19-9)11-7-14-6-10(15-11)12(17)18-2/h6-7,9,13H,3-5,8H2,1-2H3. The molecule has 1 aromatic rings. The van der Waals surface area contributed by atoms with Crippen molar-refractivity contribution in [3.05, 3.63) is 18.1 Å². The van der Waals surface area contributed by atoms with E-state index >= 15 is 0 Å². The molecule has 1 saturated heterocycles. The highest BCUT2D eigenvalue weighted by molar-refractivity contribution is 5.87. The number of anilines is 1. The van der Waals surface area contributed by atoms with E-state index in [1.807, 2.05) is 7.05 Å². The molecular formula is C12H18N4O3. The molecule has 1 aromatic heterocycles. The van der Waals surface area contributed by atoms with E-state index in [1.54, 1.807) is 6.20 Å². The fourth-order valence-electron chi connectivity index (χ4n) is 1.99. The molecule has 1 N–H and O–H groups in total. The number of rotatable bonds is 4. The van der Waals surface area contributed by atoms with Crippen LogP contribution in [-0.4, -0.2) is 62.4 Å². The Bertz CT molecular complexity index is 439. The molecule has 0 amide bonds. The zero-order valence-corrected chi connectivity index (χ0v) is 11.1. The molecule has 1 fully saturated rings. The summed E-state index contributed by atoms with van der Waals surface area (Å²) in [6.45, 7) is 2.87. The Morgan fingerprint density at radius 1 is 1.63 bits per heavy atom. The summed E-state index contributed by atoms with van der Waals surface area (Å²) in [6, 6.07) is 0. The van der Waals surface area contributed by atoms with Crippen LogP contribution in [0.2, 0.25) is 0 Å². The van der Waals surface area contributed by atoms with Gasteiger partial charge in [-0.25, -0.2) is 9.78 Å². The van der Waals surface area contributed by atoms with Gasteiger partial charge in [0.05, 0.1) is 32.2 Å². The molecule has 0 saturated carbocycles. The van der Waals surface area contributed by atoms with Gasteiger partial charge in [-0.1, -0.05) is 0 Å². The van der Waals surface area contributed by atoms with Gasteiger partial charge in [-0.2, -0.15) is 0 Å². The molecule has 0 aromatic carbocycles. The number of esters is 1. The van der Waals surface area contributed by atoms with Crippen LogP contribution in [0.1, 0.15) is 10.5 Å². The normalized spacial score (nSPS) is 19.3. The molecule has 1 unspecified atom stereocenters. The second kappa shape index (κ2) is 6.44. The van der Waals surface area contributed by atoms with Crippen LogP contribution >= 0.6 is 0 Å². The Hall–Kier alpha value is -1.73. The molecular weight excluding hydrogens is 248 g/mol. The summed E-state index contributed by atoms with van der Waals surface area (Å²) < 4.78 is 10.3. The van der Waals surface area contributed by atoms with Crippen LogP contribution in [0.15, 0.2) is 12.4 Å². The van der Waals surface area contributed by atoms with Crippen LogP contribution in [0.4, 0.5) is 5.82 Å². The number of hydrogen-bond donors (Lipinski definition) is 1. The number of hydrogen-bond acceptors (Lipinski definition) is 7. The first kappa shape index (κ1) is 13.7. The maximum atomic E-state index is 11.4. The van der Waals surface area contributed by atoms with Gasteiger partial charge in [0.2, 0.25) is 0 Å². The first-order chi connectivity index (χ1) is 9.24. The molecule has 1 aliphatic heterocycles. The first-order valence-electron chi connectivity index (χ1n) is 6.16. The molecule has 0 spiro atoms. The van der Waals surface area contributed by atoms with E-state index in [0.29, 0.717) is 12.4 Å². The summed E-state index contributed by atoms with van der Waals surface area (Å²) in [4.78, 5) is 21.8. The van der Waals surface area contributed by atoms with E-state index in [9.17, 15) is 4.79 Å². The largest absolute Gasteiger partial charge is 0.464 e. The van der Waals surface area contributed by atoms with Gasteiger partial charge in [-0.3, -0.25) is 4.98 Å². The van der Waals surface area contributed by atoms with Crippen molar-refractivity contribution in [3.8, 4) is 0 Å². The second-order valence-corrected chi connectivity index (χ2v) is 4.25. The van der Waals surface area contributed by atoms with Crippen LogP contribution in [-0.2, 0) is 9.47 Å². The molecule has 104 valence electrons. The summed E-state index contributed by atoms with van der Waals surface area (Å²) in [5.74, 6) is 0.196. The average Bonchev–Trinajstić information content (AvgIpc) is 2.47.